The van der Waals surface area contributed by atoms with E-state index in [9.17, 15) is 18.0 Å². The number of amides is 1. The Morgan fingerprint density at radius 2 is 2.03 bits per heavy atom. The Kier molecular flexibility index (Phi) is 5.71. The molecule has 0 radical (unpaired) electrons. The number of benzene rings is 2. The summed E-state index contributed by atoms with van der Waals surface area (Å²) in [6.07, 6.45) is -0.895. The summed E-state index contributed by atoms with van der Waals surface area (Å²) in [4.78, 5) is 14.3. The molecule has 162 valence electrons. The maximum atomic E-state index is 13.0. The van der Waals surface area contributed by atoms with Gasteiger partial charge >= 0.3 is 6.18 Å². The largest absolute Gasteiger partial charge is 0.489 e. The molecule has 1 amide bonds. The number of fused-ring (bicyclic) bond motifs is 1. The summed E-state index contributed by atoms with van der Waals surface area (Å²) >= 11 is 0. The smallest absolute Gasteiger partial charge is 0.416 e. The third-order valence-electron chi connectivity index (χ3n) is 5.33. The molecule has 1 N–H and O–H groups in total. The lowest BCUT2D eigenvalue weighted by Crippen LogP contribution is -2.24. The van der Waals surface area contributed by atoms with Crippen LogP contribution in [-0.4, -0.2) is 27.5 Å². The molecule has 1 aliphatic rings. The van der Waals surface area contributed by atoms with E-state index >= 15 is 0 Å². The second kappa shape index (κ2) is 8.45. The number of halogens is 3. The number of carbonyl (C=O) groups excluding carboxylic acids is 1. The molecule has 2 heterocycles. The van der Waals surface area contributed by atoms with E-state index in [-0.39, 0.29) is 12.5 Å². The average Bonchev–Trinajstić information content (AvgIpc) is 3.34. The highest BCUT2D eigenvalue weighted by atomic mass is 19.4. The third kappa shape index (κ3) is 4.42. The minimum absolute atomic E-state index is 0.0386. The highest BCUT2D eigenvalue weighted by molar-refractivity contribution is 5.98. The lowest BCUT2D eigenvalue weighted by molar-refractivity contribution is -0.137. The number of hydrogen-bond donors (Lipinski definition) is 1. The zero-order valence-electron chi connectivity index (χ0n) is 17.0. The molecule has 0 unspecified atom stereocenters. The fraction of sp³-hybridized carbons (Fsp3) is 0.304. The summed E-state index contributed by atoms with van der Waals surface area (Å²) < 4.78 is 45.0. The van der Waals surface area contributed by atoms with Gasteiger partial charge in [0, 0.05) is 29.8 Å². The lowest BCUT2D eigenvalue weighted by atomic mass is 10.1. The van der Waals surface area contributed by atoms with Crippen LogP contribution >= 0.6 is 0 Å². The van der Waals surface area contributed by atoms with E-state index in [0.717, 1.165) is 37.1 Å². The number of nitrogens with zero attached hydrogens (tertiary/aromatic N) is 2. The van der Waals surface area contributed by atoms with E-state index < -0.39 is 11.7 Å². The van der Waals surface area contributed by atoms with E-state index in [1.807, 2.05) is 11.0 Å². The zero-order valence-corrected chi connectivity index (χ0v) is 17.0. The molecule has 0 saturated heterocycles. The highest BCUT2D eigenvalue weighted by Gasteiger charge is 2.31. The number of H-pyrrole nitrogens is 1. The van der Waals surface area contributed by atoms with Crippen LogP contribution in [0.5, 0.6) is 5.75 Å². The standard InChI is InChI=1S/C23H22F3N3O2/c1-2-3-9-29-13-16-11-19(7-8-20(16)22(29)30)31-14-17-12-27-28-21(17)15-5-4-6-18(10-15)23(24,25)26/h4-8,10-12H,2-3,9,13-14H2,1H3,(H,27,28). The summed E-state index contributed by atoms with van der Waals surface area (Å²) in [6, 6.07) is 10.4. The van der Waals surface area contributed by atoms with Crippen molar-refractivity contribution in [2.24, 2.45) is 0 Å². The number of hydrogen-bond acceptors (Lipinski definition) is 3. The monoisotopic (exact) mass is 429 g/mol. The van der Waals surface area contributed by atoms with Crippen molar-refractivity contribution in [2.75, 3.05) is 6.54 Å². The Hall–Kier alpha value is -3.29. The lowest BCUT2D eigenvalue weighted by Gasteiger charge is -2.14. The van der Waals surface area contributed by atoms with Crippen molar-refractivity contribution in [1.29, 1.82) is 0 Å². The average molecular weight is 429 g/mol. The number of rotatable bonds is 7. The van der Waals surface area contributed by atoms with Crippen molar-refractivity contribution >= 4 is 5.91 Å². The number of ether oxygens (including phenoxy) is 1. The molecule has 2 aromatic carbocycles. The third-order valence-corrected chi connectivity index (χ3v) is 5.33. The number of carbonyl (C=O) groups is 1. The van der Waals surface area contributed by atoms with Gasteiger partial charge in [-0.25, -0.2) is 0 Å². The molecule has 0 spiro atoms. The van der Waals surface area contributed by atoms with Crippen LogP contribution in [0.1, 0.15) is 46.8 Å². The van der Waals surface area contributed by atoms with Crippen molar-refractivity contribution in [3.05, 3.63) is 70.9 Å². The SMILES string of the molecule is CCCCN1Cc2cc(OCc3cn[nH]c3-c3cccc(C(F)(F)F)c3)ccc2C1=O. The van der Waals surface area contributed by atoms with Gasteiger partial charge in [0.1, 0.15) is 12.4 Å². The molecule has 31 heavy (non-hydrogen) atoms. The summed E-state index contributed by atoms with van der Waals surface area (Å²) in [7, 11) is 0. The van der Waals surface area contributed by atoms with Crippen molar-refractivity contribution in [3.63, 3.8) is 0 Å². The summed E-state index contributed by atoms with van der Waals surface area (Å²) in [5.41, 5.74) is 2.40. The van der Waals surface area contributed by atoms with Gasteiger partial charge in [-0.05, 0) is 42.3 Å². The minimum atomic E-state index is -4.42. The van der Waals surface area contributed by atoms with Gasteiger partial charge in [0.25, 0.3) is 5.91 Å². The van der Waals surface area contributed by atoms with Crippen LogP contribution in [0.4, 0.5) is 13.2 Å². The van der Waals surface area contributed by atoms with Gasteiger partial charge in [0.2, 0.25) is 0 Å². The van der Waals surface area contributed by atoms with Crippen LogP contribution in [0, 0.1) is 0 Å². The Morgan fingerprint density at radius 1 is 1.19 bits per heavy atom. The fourth-order valence-electron chi connectivity index (χ4n) is 3.66. The van der Waals surface area contributed by atoms with E-state index in [0.29, 0.717) is 34.7 Å². The second-order valence-corrected chi connectivity index (χ2v) is 7.54. The molecular formula is C23H22F3N3O2. The Balaban J connectivity index is 1.48. The molecule has 0 aliphatic carbocycles. The molecule has 8 heteroatoms. The molecular weight excluding hydrogens is 407 g/mol. The first-order valence-electron chi connectivity index (χ1n) is 10.1. The highest BCUT2D eigenvalue weighted by Crippen LogP contribution is 2.33. The van der Waals surface area contributed by atoms with E-state index in [1.165, 1.54) is 6.07 Å². The zero-order chi connectivity index (χ0) is 22.0. The topological polar surface area (TPSA) is 58.2 Å². The van der Waals surface area contributed by atoms with Crippen molar-refractivity contribution in [3.8, 4) is 17.0 Å². The molecule has 0 bridgehead atoms. The summed E-state index contributed by atoms with van der Waals surface area (Å²) in [6.45, 7) is 3.51. The number of nitrogens with one attached hydrogen (secondary N) is 1. The number of alkyl halides is 3. The van der Waals surface area contributed by atoms with Crippen LogP contribution in [0.2, 0.25) is 0 Å². The van der Waals surface area contributed by atoms with Crippen LogP contribution < -0.4 is 4.74 Å². The molecule has 4 rings (SSSR count). The van der Waals surface area contributed by atoms with Gasteiger partial charge in [-0.15, -0.1) is 0 Å². The second-order valence-electron chi connectivity index (χ2n) is 7.54. The molecule has 5 nitrogen and oxygen atoms in total. The summed E-state index contributed by atoms with van der Waals surface area (Å²) in [5, 5.41) is 6.73. The Bertz CT molecular complexity index is 1090. The maximum Gasteiger partial charge on any atom is 0.416 e. The Labute approximate surface area is 177 Å². The van der Waals surface area contributed by atoms with E-state index in [1.54, 1.807) is 24.4 Å². The van der Waals surface area contributed by atoms with Crippen LogP contribution in [0.25, 0.3) is 11.3 Å². The molecule has 0 saturated carbocycles. The van der Waals surface area contributed by atoms with Gasteiger partial charge in [-0.1, -0.05) is 25.5 Å². The van der Waals surface area contributed by atoms with E-state index in [4.69, 9.17) is 4.74 Å². The molecule has 0 atom stereocenters. The van der Waals surface area contributed by atoms with Crippen molar-refractivity contribution in [1.82, 2.24) is 15.1 Å². The minimum Gasteiger partial charge on any atom is -0.489 e. The fourth-order valence-corrected chi connectivity index (χ4v) is 3.66. The normalized spacial score (nSPS) is 13.5. The van der Waals surface area contributed by atoms with Crippen molar-refractivity contribution in [2.45, 2.75) is 39.1 Å². The summed E-state index contributed by atoms with van der Waals surface area (Å²) in [5.74, 6) is 0.636. The van der Waals surface area contributed by atoms with Gasteiger partial charge in [0.05, 0.1) is 17.5 Å². The predicted octanol–water partition coefficient (Wildman–Crippen LogP) is 5.43. The van der Waals surface area contributed by atoms with Gasteiger partial charge in [-0.3, -0.25) is 9.89 Å². The first-order chi connectivity index (χ1) is 14.9. The molecule has 1 aliphatic heterocycles. The van der Waals surface area contributed by atoms with Gasteiger partial charge < -0.3 is 9.64 Å². The van der Waals surface area contributed by atoms with Crippen molar-refractivity contribution < 1.29 is 22.7 Å². The van der Waals surface area contributed by atoms with Gasteiger partial charge in [0.15, 0.2) is 0 Å². The molecule has 1 aromatic heterocycles. The Morgan fingerprint density at radius 3 is 2.81 bits per heavy atom. The number of unbranched alkanes of at least 4 members (excludes halogenated alkanes) is 1. The predicted molar refractivity (Wildman–Crippen MR) is 109 cm³/mol. The number of aromatic nitrogens is 2. The maximum absolute atomic E-state index is 13.0. The van der Waals surface area contributed by atoms with Crippen LogP contribution in [0.15, 0.2) is 48.7 Å². The van der Waals surface area contributed by atoms with Gasteiger partial charge in [-0.2, -0.15) is 18.3 Å². The molecule has 0 fully saturated rings. The van der Waals surface area contributed by atoms with E-state index in [2.05, 4.69) is 17.1 Å². The number of aromatic amines is 1. The van der Waals surface area contributed by atoms with Crippen LogP contribution in [0.3, 0.4) is 0 Å². The molecule has 3 aromatic rings. The quantitative estimate of drug-likeness (QED) is 0.545. The first kappa shape index (κ1) is 21.0. The first-order valence-corrected chi connectivity index (χ1v) is 10.1. The van der Waals surface area contributed by atoms with Crippen LogP contribution in [-0.2, 0) is 19.3 Å².